The van der Waals surface area contributed by atoms with Gasteiger partial charge < -0.3 is 18.9 Å². The monoisotopic (exact) mass is 1500 g/mol. The Kier molecular flexibility index (Phi) is 21.1. The van der Waals surface area contributed by atoms with Gasteiger partial charge in [0.1, 0.15) is 22.3 Å². The van der Waals surface area contributed by atoms with Crippen molar-refractivity contribution in [1.29, 1.82) is 0 Å². The lowest BCUT2D eigenvalue weighted by Crippen LogP contribution is -2.29. The predicted octanol–water partition coefficient (Wildman–Crippen LogP) is 25.9. The minimum absolute atomic E-state index is 0. The molecule has 115 heavy (non-hydrogen) atoms. The third kappa shape index (κ3) is 15.4. The van der Waals surface area contributed by atoms with Gasteiger partial charge in [0.15, 0.2) is 34.9 Å². The second-order valence-corrected chi connectivity index (χ2v) is 27.9. The summed E-state index contributed by atoms with van der Waals surface area (Å²) >= 11 is 7.03. The summed E-state index contributed by atoms with van der Waals surface area (Å²) in [5, 5.41) is 21.8. The quantitative estimate of drug-likeness (QED) is 0.101. The van der Waals surface area contributed by atoms with Crippen LogP contribution in [0.5, 0.6) is 0 Å². The summed E-state index contributed by atoms with van der Waals surface area (Å²) in [6.45, 7) is 0. The molecule has 0 aliphatic heterocycles. The number of furan rings is 2. The molecule has 10 nitrogen and oxygen atoms in total. The summed E-state index contributed by atoms with van der Waals surface area (Å²) < 4.78 is 14.0. The Balaban J connectivity index is 0.000000149. The first kappa shape index (κ1) is 73.2. The largest absolute Gasteiger partial charge is 0.488 e. The summed E-state index contributed by atoms with van der Waals surface area (Å²) in [6.07, 6.45) is 0. The molecule has 0 atom stereocenters. The maximum atomic E-state index is 8.58. The minimum atomic E-state index is -1.34. The molecular weight excluding hydrogens is 1430 g/mol. The van der Waals surface area contributed by atoms with Gasteiger partial charge in [-0.15, -0.1) is 0 Å². The van der Waals surface area contributed by atoms with Gasteiger partial charge in [0.2, 0.25) is 0 Å². The van der Waals surface area contributed by atoms with E-state index in [1.54, 1.807) is 24.3 Å². The van der Waals surface area contributed by atoms with Gasteiger partial charge in [-0.1, -0.05) is 365 Å². The zero-order valence-corrected chi connectivity index (χ0v) is 62.2. The van der Waals surface area contributed by atoms with Gasteiger partial charge in [0, 0.05) is 77.2 Å². The van der Waals surface area contributed by atoms with Crippen molar-refractivity contribution in [2.45, 2.75) is 7.43 Å². The molecule has 0 aliphatic carbocycles. The number of hydrogen-bond acceptors (Lipinski definition) is 10. The number of nitrogens with zero attached hydrogens (tertiary/aromatic N) is 6. The van der Waals surface area contributed by atoms with Crippen molar-refractivity contribution in [2.75, 3.05) is 0 Å². The Labute approximate surface area is 671 Å². The maximum absolute atomic E-state index is 8.58. The molecule has 0 spiro atoms. The van der Waals surface area contributed by atoms with E-state index in [1.165, 1.54) is 0 Å². The van der Waals surface area contributed by atoms with Crippen LogP contribution in [0.3, 0.4) is 0 Å². The zero-order valence-electron chi connectivity index (χ0n) is 61.5. The van der Waals surface area contributed by atoms with E-state index in [0.29, 0.717) is 45.4 Å². The van der Waals surface area contributed by atoms with Crippen molar-refractivity contribution in [3.63, 3.8) is 0 Å². The summed E-state index contributed by atoms with van der Waals surface area (Å²) in [5.74, 6) is 3.69. The normalized spacial score (nSPS) is 11.0. The molecule has 16 aromatic carbocycles. The Morgan fingerprint density at radius 2 is 0.470 bits per heavy atom. The fourth-order valence-electron chi connectivity index (χ4n) is 14.6. The van der Waals surface area contributed by atoms with E-state index in [4.69, 9.17) is 60.4 Å². The molecule has 20 rings (SSSR count). The summed E-state index contributed by atoms with van der Waals surface area (Å²) in [5.41, 5.74) is 24.2. The number of benzene rings is 16. The molecule has 0 saturated heterocycles. The topological polar surface area (TPSA) is 144 Å². The summed E-state index contributed by atoms with van der Waals surface area (Å²) in [4.78, 5) is 29.7. The number of hydrogen-bond donors (Lipinski definition) is 2. The van der Waals surface area contributed by atoms with Crippen molar-refractivity contribution in [2.24, 2.45) is 0 Å². The van der Waals surface area contributed by atoms with Crippen LogP contribution in [0.2, 0.25) is 5.02 Å². The first-order valence-corrected chi connectivity index (χ1v) is 38.0. The Morgan fingerprint density at radius 1 is 0.209 bits per heavy atom. The molecular formula is C103H72BClN6O4. The highest BCUT2D eigenvalue weighted by Crippen LogP contribution is 2.49. The molecule has 2 N–H and O–H groups in total. The third-order valence-corrected chi connectivity index (χ3v) is 20.5. The van der Waals surface area contributed by atoms with Gasteiger partial charge >= 0.3 is 7.12 Å². The number of aromatic nitrogens is 6. The molecule has 0 radical (unpaired) electrons. The lowest BCUT2D eigenvalue weighted by Gasteiger charge is -2.11. The molecule has 0 amide bonds. The maximum Gasteiger partial charge on any atom is 0.488 e. The molecule has 0 saturated carbocycles. The molecule has 0 bridgehead atoms. The van der Waals surface area contributed by atoms with E-state index in [1.807, 2.05) is 164 Å². The SMILES string of the molecule is C.Clc1ccc(-c2cccc(-c3nc(-c4ccccc4)nc(-c4ccccc4)n3)c2)c2oc3c(-c4ccccc4)cc(-c4ccccc4)cc3c12.OB(O)c1ccccc1.c1ccc(-c2cc(-c3ccccc3)c3oc4c(-c5cccc(-c6nc(-c7ccccc7)nc(-c7ccccc7)n6)c5)ccc(-c5ccccc5)c4c3c2)cc1. The van der Waals surface area contributed by atoms with Crippen molar-refractivity contribution in [3.05, 3.63) is 405 Å². The lowest BCUT2D eigenvalue weighted by molar-refractivity contribution is 0.426. The first-order chi connectivity index (χ1) is 56.3. The lowest BCUT2D eigenvalue weighted by atomic mass is 9.81. The van der Waals surface area contributed by atoms with Crippen LogP contribution in [0.1, 0.15) is 7.43 Å². The Bertz CT molecular complexity index is 6680. The van der Waals surface area contributed by atoms with E-state index < -0.39 is 7.12 Å². The van der Waals surface area contributed by atoms with E-state index in [2.05, 4.69) is 212 Å². The van der Waals surface area contributed by atoms with Crippen LogP contribution in [-0.4, -0.2) is 47.1 Å². The standard InChI is InChI=1S/C51H33N3O.C45H28ClN3O.C6H7BO2.CH4/c1-6-17-34(18-7-1)41-32-44(36-21-10-3-11-22-36)47-45(33-41)46-42(35-19-8-2-9-20-35)29-30-43(48(46)55-47)39-27-16-28-40(31-39)51-53-49(37-23-12-4-13-24-37)52-50(54-51)38-25-14-5-15-26-38;46-39-25-24-36(42-40(39)38-28-35(29-14-5-1-6-15-29)27-37(41(38)50-42)30-16-7-2-8-17-30)33-22-13-23-34(26-33)45-48-43(31-18-9-3-10-19-31)47-44(49-45)32-20-11-4-12-21-32;8-7(9)6-4-2-1-3-5-6;/h1-33H;1-28H;1-5,8-9H;1H4. The molecule has 4 heterocycles. The van der Waals surface area contributed by atoms with Gasteiger partial charge in [-0.2, -0.15) is 0 Å². The van der Waals surface area contributed by atoms with Gasteiger partial charge in [0.25, 0.3) is 0 Å². The van der Waals surface area contributed by atoms with Crippen molar-refractivity contribution in [3.8, 4) is 146 Å². The highest BCUT2D eigenvalue weighted by molar-refractivity contribution is 6.58. The molecule has 12 heteroatoms. The fraction of sp³-hybridized carbons (Fsp3) is 0.00971. The summed E-state index contributed by atoms with van der Waals surface area (Å²) in [7, 11) is -1.34. The van der Waals surface area contributed by atoms with Gasteiger partial charge in [-0.05, 0) is 116 Å². The molecule has 0 fully saturated rings. The Morgan fingerprint density at radius 3 is 0.809 bits per heavy atom. The van der Waals surface area contributed by atoms with E-state index in [-0.39, 0.29) is 7.43 Å². The van der Waals surface area contributed by atoms with E-state index >= 15 is 0 Å². The van der Waals surface area contributed by atoms with Crippen LogP contribution in [0.15, 0.2) is 409 Å². The van der Waals surface area contributed by atoms with Gasteiger partial charge in [-0.25, -0.2) is 29.9 Å². The van der Waals surface area contributed by atoms with Crippen LogP contribution in [-0.2, 0) is 0 Å². The van der Waals surface area contributed by atoms with Crippen LogP contribution < -0.4 is 5.46 Å². The Hall–Kier alpha value is -14.6. The van der Waals surface area contributed by atoms with E-state index in [0.717, 1.165) is 155 Å². The third-order valence-electron chi connectivity index (χ3n) is 20.2. The second kappa shape index (κ2) is 33.2. The number of fused-ring (bicyclic) bond motifs is 6. The van der Waals surface area contributed by atoms with Crippen molar-refractivity contribution < 1.29 is 18.9 Å². The smallest absolute Gasteiger partial charge is 0.455 e. The molecule has 20 aromatic rings. The van der Waals surface area contributed by atoms with E-state index in [9.17, 15) is 0 Å². The fourth-order valence-corrected chi connectivity index (χ4v) is 14.9. The van der Waals surface area contributed by atoms with Crippen molar-refractivity contribution in [1.82, 2.24) is 29.9 Å². The predicted molar refractivity (Wildman–Crippen MR) is 473 cm³/mol. The zero-order chi connectivity index (χ0) is 76.7. The average Bonchev–Trinajstić information content (AvgIpc) is 1.58. The van der Waals surface area contributed by atoms with Crippen LogP contribution in [0, 0.1) is 0 Å². The van der Waals surface area contributed by atoms with Crippen molar-refractivity contribution >= 4 is 68.1 Å². The van der Waals surface area contributed by atoms with Crippen LogP contribution >= 0.6 is 11.6 Å². The molecule has 0 unspecified atom stereocenters. The van der Waals surface area contributed by atoms with Crippen LogP contribution in [0.25, 0.3) is 190 Å². The second-order valence-electron chi connectivity index (χ2n) is 27.5. The minimum Gasteiger partial charge on any atom is -0.455 e. The highest BCUT2D eigenvalue weighted by atomic mass is 35.5. The number of rotatable bonds is 14. The first-order valence-electron chi connectivity index (χ1n) is 37.6. The molecule has 548 valence electrons. The van der Waals surface area contributed by atoms with Gasteiger partial charge in [-0.3, -0.25) is 0 Å². The average molecular weight is 1500 g/mol. The van der Waals surface area contributed by atoms with Gasteiger partial charge in [0.05, 0.1) is 5.02 Å². The highest BCUT2D eigenvalue weighted by Gasteiger charge is 2.25. The number of halogens is 1. The van der Waals surface area contributed by atoms with Crippen LogP contribution in [0.4, 0.5) is 0 Å². The molecule has 4 aromatic heterocycles. The summed E-state index contributed by atoms with van der Waals surface area (Å²) in [6, 6.07) is 135. The molecule has 0 aliphatic rings.